The summed E-state index contributed by atoms with van der Waals surface area (Å²) in [5.41, 5.74) is 1.48. The van der Waals surface area contributed by atoms with E-state index in [1.807, 2.05) is 12.1 Å². The molecule has 1 aliphatic carbocycles. The fourth-order valence-electron chi connectivity index (χ4n) is 2.65. The Hall–Kier alpha value is -2.08. The van der Waals surface area contributed by atoms with Crippen molar-refractivity contribution in [1.29, 1.82) is 5.26 Å². The lowest BCUT2D eigenvalue weighted by molar-refractivity contribution is -0.117. The lowest BCUT2D eigenvalue weighted by atomic mass is 9.86. The van der Waals surface area contributed by atoms with E-state index in [1.165, 1.54) is 19.3 Å². The molecule has 1 aromatic rings. The smallest absolute Gasteiger partial charge is 0.244 e. The van der Waals surface area contributed by atoms with Crippen LogP contribution in [0.2, 0.25) is 0 Å². The van der Waals surface area contributed by atoms with Gasteiger partial charge in [-0.3, -0.25) is 4.79 Å². The Bertz CT molecular complexity index is 542. The highest BCUT2D eigenvalue weighted by molar-refractivity contribution is 5.91. The van der Waals surface area contributed by atoms with Crippen molar-refractivity contribution in [3.8, 4) is 6.07 Å². The van der Waals surface area contributed by atoms with E-state index in [0.717, 1.165) is 12.0 Å². The summed E-state index contributed by atoms with van der Waals surface area (Å²) in [5.74, 6) is 0.508. The molecule has 0 aromatic heterocycles. The predicted molar refractivity (Wildman–Crippen MR) is 79.8 cm³/mol. The third-order valence-corrected chi connectivity index (χ3v) is 3.88. The quantitative estimate of drug-likeness (QED) is 0.855. The van der Waals surface area contributed by atoms with Gasteiger partial charge in [0.05, 0.1) is 11.6 Å². The molecule has 0 heterocycles. The van der Waals surface area contributed by atoms with E-state index < -0.39 is 0 Å². The second-order valence-electron chi connectivity index (χ2n) is 5.45. The molecule has 0 radical (unpaired) electrons. The predicted octanol–water partition coefficient (Wildman–Crippen LogP) is 3.27. The van der Waals surface area contributed by atoms with Crippen molar-refractivity contribution in [3.05, 3.63) is 41.5 Å². The molecule has 1 aliphatic rings. The Labute approximate surface area is 120 Å². The van der Waals surface area contributed by atoms with Crippen LogP contribution in [0.1, 0.15) is 43.7 Å². The molecule has 1 aromatic carbocycles. The van der Waals surface area contributed by atoms with Crippen LogP contribution in [0.5, 0.6) is 0 Å². The molecule has 3 heteroatoms. The molecule has 20 heavy (non-hydrogen) atoms. The summed E-state index contributed by atoms with van der Waals surface area (Å²) in [6.07, 6.45) is 8.04. The number of benzene rings is 1. The molecule has 0 aliphatic heterocycles. The molecule has 1 fully saturated rings. The van der Waals surface area contributed by atoms with Crippen LogP contribution in [-0.4, -0.2) is 11.9 Å². The molecule has 104 valence electrons. The van der Waals surface area contributed by atoms with Gasteiger partial charge in [-0.25, -0.2) is 0 Å². The molecule has 1 amide bonds. The van der Waals surface area contributed by atoms with Gasteiger partial charge >= 0.3 is 0 Å². The van der Waals surface area contributed by atoms with Gasteiger partial charge in [-0.05, 0) is 42.5 Å². The van der Waals surface area contributed by atoms with Crippen molar-refractivity contribution in [2.24, 2.45) is 5.92 Å². The van der Waals surface area contributed by atoms with Crippen LogP contribution in [0.3, 0.4) is 0 Å². The summed E-state index contributed by atoms with van der Waals surface area (Å²) in [5, 5.41) is 11.9. The molecule has 2 unspecified atom stereocenters. The fourth-order valence-corrected chi connectivity index (χ4v) is 2.65. The summed E-state index contributed by atoms with van der Waals surface area (Å²) in [7, 11) is 0. The second-order valence-corrected chi connectivity index (χ2v) is 5.45. The minimum atomic E-state index is -0.0499. The van der Waals surface area contributed by atoms with Gasteiger partial charge in [0.1, 0.15) is 0 Å². The van der Waals surface area contributed by atoms with Gasteiger partial charge in [0.2, 0.25) is 5.91 Å². The number of carbonyl (C=O) groups excluding carboxylic acids is 1. The molecular weight excluding hydrogens is 248 g/mol. The van der Waals surface area contributed by atoms with E-state index in [9.17, 15) is 4.79 Å². The minimum absolute atomic E-state index is 0.0499. The van der Waals surface area contributed by atoms with Crippen molar-refractivity contribution < 1.29 is 4.79 Å². The zero-order chi connectivity index (χ0) is 14.4. The zero-order valence-electron chi connectivity index (χ0n) is 11.8. The maximum absolute atomic E-state index is 11.9. The van der Waals surface area contributed by atoms with Crippen LogP contribution < -0.4 is 5.32 Å². The maximum Gasteiger partial charge on any atom is 0.244 e. The lowest BCUT2D eigenvalue weighted by Crippen LogP contribution is -2.40. The normalized spacial score (nSPS) is 22.4. The highest BCUT2D eigenvalue weighted by Gasteiger charge is 2.21. The molecule has 0 saturated heterocycles. The lowest BCUT2D eigenvalue weighted by Gasteiger charge is -2.29. The van der Waals surface area contributed by atoms with Gasteiger partial charge in [-0.15, -0.1) is 0 Å². The van der Waals surface area contributed by atoms with Crippen LogP contribution in [0.15, 0.2) is 30.3 Å². The van der Waals surface area contributed by atoms with Crippen LogP contribution in [0.25, 0.3) is 6.08 Å². The first kappa shape index (κ1) is 14.3. The number of nitriles is 1. The largest absolute Gasteiger partial charge is 0.350 e. The maximum atomic E-state index is 11.9. The second kappa shape index (κ2) is 6.91. The number of hydrogen-bond acceptors (Lipinski definition) is 2. The van der Waals surface area contributed by atoms with E-state index in [1.54, 1.807) is 24.3 Å². The van der Waals surface area contributed by atoms with E-state index in [-0.39, 0.29) is 5.91 Å². The first-order valence-corrected chi connectivity index (χ1v) is 7.18. The standard InChI is InChI=1S/C17H20N2O/c1-13-5-2-3-8-16(13)19-17(20)10-9-14-6-4-7-15(11-14)12-18/h4,6-7,9-11,13,16H,2-3,5,8H2,1H3,(H,19,20)/b10-9+. The van der Waals surface area contributed by atoms with E-state index in [0.29, 0.717) is 17.5 Å². The van der Waals surface area contributed by atoms with Crippen LogP contribution >= 0.6 is 0 Å². The molecule has 2 atom stereocenters. The average Bonchev–Trinajstić information content (AvgIpc) is 2.48. The topological polar surface area (TPSA) is 52.9 Å². The average molecular weight is 268 g/mol. The summed E-state index contributed by atoms with van der Waals surface area (Å²) in [6.45, 7) is 2.20. The first-order chi connectivity index (χ1) is 9.69. The molecule has 2 rings (SSSR count). The molecule has 3 nitrogen and oxygen atoms in total. The Morgan fingerprint density at radius 1 is 1.40 bits per heavy atom. The number of amides is 1. The van der Waals surface area contributed by atoms with Gasteiger partial charge in [0.15, 0.2) is 0 Å². The first-order valence-electron chi connectivity index (χ1n) is 7.18. The van der Waals surface area contributed by atoms with Gasteiger partial charge in [-0.1, -0.05) is 31.9 Å². The van der Waals surface area contributed by atoms with Gasteiger partial charge in [-0.2, -0.15) is 5.26 Å². The van der Waals surface area contributed by atoms with E-state index in [2.05, 4.69) is 18.3 Å². The number of nitrogens with zero attached hydrogens (tertiary/aromatic N) is 1. The van der Waals surface area contributed by atoms with Gasteiger partial charge in [0, 0.05) is 12.1 Å². The number of rotatable bonds is 3. The summed E-state index contributed by atoms with van der Waals surface area (Å²) in [6, 6.07) is 9.61. The molecule has 1 saturated carbocycles. The fraction of sp³-hybridized carbons (Fsp3) is 0.412. The summed E-state index contributed by atoms with van der Waals surface area (Å²) < 4.78 is 0. The monoisotopic (exact) mass is 268 g/mol. The highest BCUT2D eigenvalue weighted by Crippen LogP contribution is 2.23. The van der Waals surface area contributed by atoms with Crippen molar-refractivity contribution in [2.45, 2.75) is 38.6 Å². The van der Waals surface area contributed by atoms with E-state index >= 15 is 0 Å². The number of nitrogens with one attached hydrogen (secondary N) is 1. The van der Waals surface area contributed by atoms with Gasteiger partial charge in [0.25, 0.3) is 0 Å². The van der Waals surface area contributed by atoms with Crippen molar-refractivity contribution in [3.63, 3.8) is 0 Å². The Morgan fingerprint density at radius 3 is 2.95 bits per heavy atom. The highest BCUT2D eigenvalue weighted by atomic mass is 16.1. The van der Waals surface area contributed by atoms with E-state index in [4.69, 9.17) is 5.26 Å². The van der Waals surface area contributed by atoms with Crippen LogP contribution in [0, 0.1) is 17.2 Å². The third-order valence-electron chi connectivity index (χ3n) is 3.88. The van der Waals surface area contributed by atoms with Crippen LogP contribution in [0.4, 0.5) is 0 Å². The molecule has 0 spiro atoms. The molecular formula is C17H20N2O. The summed E-state index contributed by atoms with van der Waals surface area (Å²) in [4.78, 5) is 11.9. The molecule has 0 bridgehead atoms. The number of carbonyl (C=O) groups is 1. The Balaban J connectivity index is 1.93. The SMILES string of the molecule is CC1CCCCC1NC(=O)/C=C/c1cccc(C#N)c1. The zero-order valence-corrected chi connectivity index (χ0v) is 11.8. The minimum Gasteiger partial charge on any atom is -0.350 e. The number of hydrogen-bond donors (Lipinski definition) is 1. The van der Waals surface area contributed by atoms with Gasteiger partial charge < -0.3 is 5.32 Å². The van der Waals surface area contributed by atoms with Crippen LogP contribution in [-0.2, 0) is 4.79 Å². The summed E-state index contributed by atoms with van der Waals surface area (Å²) >= 11 is 0. The third kappa shape index (κ3) is 3.96. The molecule has 1 N–H and O–H groups in total. The Morgan fingerprint density at radius 2 is 2.20 bits per heavy atom. The van der Waals surface area contributed by atoms with Crippen molar-refractivity contribution in [2.75, 3.05) is 0 Å². The van der Waals surface area contributed by atoms with Crippen molar-refractivity contribution >= 4 is 12.0 Å². The Kier molecular flexibility index (Phi) is 4.95. The van der Waals surface area contributed by atoms with Crippen molar-refractivity contribution in [1.82, 2.24) is 5.32 Å².